The Kier molecular flexibility index (Phi) is 13.8. The average Bonchev–Trinajstić information content (AvgIpc) is 3.02. The van der Waals surface area contributed by atoms with E-state index in [1.165, 1.54) is 24.1 Å². The maximum Gasteiger partial charge on any atom is 0.408 e. The molecular formula is C36H51N5O11. The molecule has 0 aromatic heterocycles. The molecule has 286 valence electrons. The van der Waals surface area contributed by atoms with Crippen molar-refractivity contribution < 1.29 is 53.9 Å². The van der Waals surface area contributed by atoms with Crippen molar-refractivity contribution in [3.05, 3.63) is 47.5 Å². The Morgan fingerprint density at radius 3 is 1.94 bits per heavy atom. The van der Waals surface area contributed by atoms with Crippen LogP contribution in [-0.2, 0) is 36.7 Å². The van der Waals surface area contributed by atoms with Crippen molar-refractivity contribution in [2.45, 2.75) is 96.2 Å². The predicted octanol–water partition coefficient (Wildman–Crippen LogP) is 1.45. The fourth-order valence-electron chi connectivity index (χ4n) is 5.33. The number of aliphatic hydroxyl groups excluding tert-OH is 2. The van der Waals surface area contributed by atoms with Crippen LogP contribution in [0.25, 0.3) is 11.1 Å². The van der Waals surface area contributed by atoms with Crippen LogP contribution < -0.4 is 21.3 Å². The van der Waals surface area contributed by atoms with Gasteiger partial charge in [0.05, 0.1) is 12.7 Å². The monoisotopic (exact) mass is 729 g/mol. The topological polar surface area (TPSA) is 236 Å². The quantitative estimate of drug-likeness (QED) is 0.194. The van der Waals surface area contributed by atoms with E-state index < -0.39 is 71.8 Å². The van der Waals surface area contributed by atoms with Crippen molar-refractivity contribution in [1.82, 2.24) is 26.2 Å². The second kappa shape index (κ2) is 17.4. The number of likely N-dealkylation sites (N-methyl/N-ethyl adjacent to an activating group) is 1. The molecule has 0 aliphatic carbocycles. The highest BCUT2D eigenvalue weighted by Crippen LogP contribution is 2.31. The number of aromatic hydroxyl groups is 2. The summed E-state index contributed by atoms with van der Waals surface area (Å²) in [6.45, 7) is 9.05. The van der Waals surface area contributed by atoms with Gasteiger partial charge in [-0.05, 0) is 88.1 Å². The Bertz CT molecular complexity index is 1620. The molecule has 52 heavy (non-hydrogen) atoms. The van der Waals surface area contributed by atoms with Gasteiger partial charge in [0, 0.05) is 39.4 Å². The lowest BCUT2D eigenvalue weighted by molar-refractivity contribution is -0.137. The molecule has 0 radical (unpaired) electrons. The molecule has 4 atom stereocenters. The molecule has 3 rings (SSSR count). The van der Waals surface area contributed by atoms with Crippen molar-refractivity contribution in [3.8, 4) is 22.6 Å². The van der Waals surface area contributed by atoms with Crippen molar-refractivity contribution in [3.63, 3.8) is 0 Å². The molecule has 1 aliphatic rings. The van der Waals surface area contributed by atoms with E-state index in [4.69, 9.17) is 9.47 Å². The molecular weight excluding hydrogens is 678 g/mol. The number of amides is 5. The van der Waals surface area contributed by atoms with Gasteiger partial charge in [0.15, 0.2) is 0 Å². The summed E-state index contributed by atoms with van der Waals surface area (Å²) in [5, 5.41) is 52.2. The van der Waals surface area contributed by atoms with Gasteiger partial charge in [0.1, 0.15) is 40.8 Å². The highest BCUT2D eigenvalue weighted by molar-refractivity contribution is 5.94. The number of alkyl carbamates (subject to hydrolysis) is 2. The fourth-order valence-corrected chi connectivity index (χ4v) is 5.33. The largest absolute Gasteiger partial charge is 0.508 e. The van der Waals surface area contributed by atoms with E-state index in [1.807, 2.05) is 0 Å². The van der Waals surface area contributed by atoms with Crippen LogP contribution >= 0.6 is 0 Å². The van der Waals surface area contributed by atoms with Gasteiger partial charge in [-0.15, -0.1) is 0 Å². The van der Waals surface area contributed by atoms with Crippen LogP contribution in [0, 0.1) is 0 Å². The van der Waals surface area contributed by atoms with E-state index in [-0.39, 0.29) is 55.2 Å². The van der Waals surface area contributed by atoms with Crippen LogP contribution in [-0.4, -0.2) is 117 Å². The smallest absolute Gasteiger partial charge is 0.408 e. The van der Waals surface area contributed by atoms with E-state index in [9.17, 15) is 44.4 Å². The van der Waals surface area contributed by atoms with Crippen molar-refractivity contribution in [1.29, 1.82) is 0 Å². The van der Waals surface area contributed by atoms with Crippen LogP contribution in [0.1, 0.15) is 59.1 Å². The predicted molar refractivity (Wildman–Crippen MR) is 189 cm³/mol. The Balaban J connectivity index is 2.11. The summed E-state index contributed by atoms with van der Waals surface area (Å²) in [5.74, 6) is -2.78. The molecule has 2 aromatic rings. The summed E-state index contributed by atoms with van der Waals surface area (Å²) in [4.78, 5) is 68.0. The first-order valence-electron chi connectivity index (χ1n) is 16.9. The summed E-state index contributed by atoms with van der Waals surface area (Å²) < 4.78 is 10.6. The first-order valence-corrected chi connectivity index (χ1v) is 16.9. The number of aliphatic hydroxyl groups is 2. The molecule has 0 unspecified atom stereocenters. The van der Waals surface area contributed by atoms with Gasteiger partial charge < -0.3 is 56.1 Å². The van der Waals surface area contributed by atoms with Gasteiger partial charge in [-0.1, -0.05) is 12.1 Å². The number of hydrogen-bond donors (Lipinski definition) is 8. The molecule has 16 nitrogen and oxygen atoms in total. The number of phenols is 2. The molecule has 0 saturated heterocycles. The van der Waals surface area contributed by atoms with E-state index in [0.717, 1.165) is 0 Å². The van der Waals surface area contributed by atoms with E-state index in [0.29, 0.717) is 11.1 Å². The SMILES string of the molecule is CN(CCO)C(=O)[C@@H]1Cc2cc(ccc2O)-c2ccc(O)c(c2)C[C@H](NC(=O)OC(C)(C)C)C(=O)N[C@@H](C[C@@H](O)CNC(=O)OC(C)(C)C)C(=O)N1. The van der Waals surface area contributed by atoms with Gasteiger partial charge in [-0.3, -0.25) is 14.4 Å². The van der Waals surface area contributed by atoms with E-state index in [1.54, 1.807) is 65.8 Å². The Morgan fingerprint density at radius 2 is 1.40 bits per heavy atom. The lowest BCUT2D eigenvalue weighted by Gasteiger charge is -2.29. The first-order chi connectivity index (χ1) is 24.1. The highest BCUT2D eigenvalue weighted by atomic mass is 16.6. The number of ether oxygens (including phenoxy) is 2. The van der Waals surface area contributed by atoms with E-state index in [2.05, 4.69) is 21.3 Å². The van der Waals surface area contributed by atoms with Gasteiger partial charge in [-0.2, -0.15) is 0 Å². The van der Waals surface area contributed by atoms with Gasteiger partial charge >= 0.3 is 12.2 Å². The lowest BCUT2D eigenvalue weighted by Crippen LogP contribution is -2.58. The van der Waals surface area contributed by atoms with Gasteiger partial charge in [0.2, 0.25) is 17.7 Å². The Morgan fingerprint density at radius 1 is 0.865 bits per heavy atom. The molecule has 0 saturated carbocycles. The number of nitrogens with zero attached hydrogens (tertiary/aromatic N) is 1. The minimum absolute atomic E-state index is 0.0687. The molecule has 16 heteroatoms. The maximum atomic E-state index is 14.0. The van der Waals surface area contributed by atoms with Gasteiger partial charge in [-0.25, -0.2) is 9.59 Å². The normalized spacial score (nSPS) is 18.8. The molecule has 8 N–H and O–H groups in total. The number of hydrogen-bond acceptors (Lipinski definition) is 11. The van der Waals surface area contributed by atoms with Crippen LogP contribution in [0.15, 0.2) is 36.4 Å². The van der Waals surface area contributed by atoms with Crippen LogP contribution in [0.4, 0.5) is 9.59 Å². The zero-order chi connectivity index (χ0) is 39.0. The third-order valence-electron chi connectivity index (χ3n) is 7.80. The molecule has 0 fully saturated rings. The second-order valence-corrected chi connectivity index (χ2v) is 14.7. The minimum atomic E-state index is -1.55. The number of benzene rings is 2. The van der Waals surface area contributed by atoms with Gasteiger partial charge in [0.25, 0.3) is 0 Å². The minimum Gasteiger partial charge on any atom is -0.508 e. The molecule has 5 amide bonds. The summed E-state index contributed by atoms with van der Waals surface area (Å²) in [7, 11) is 1.42. The Labute approximate surface area is 302 Å². The molecule has 4 bridgehead atoms. The zero-order valence-corrected chi connectivity index (χ0v) is 30.6. The summed E-state index contributed by atoms with van der Waals surface area (Å²) in [5.41, 5.74) is -0.0790. The van der Waals surface area contributed by atoms with Crippen molar-refractivity contribution in [2.75, 3.05) is 26.7 Å². The van der Waals surface area contributed by atoms with Crippen molar-refractivity contribution in [2.24, 2.45) is 0 Å². The van der Waals surface area contributed by atoms with Crippen LogP contribution in [0.3, 0.4) is 0 Å². The lowest BCUT2D eigenvalue weighted by atomic mass is 9.95. The molecule has 1 aliphatic heterocycles. The third-order valence-corrected chi connectivity index (χ3v) is 7.80. The second-order valence-electron chi connectivity index (χ2n) is 14.7. The van der Waals surface area contributed by atoms with Crippen LogP contribution in [0.5, 0.6) is 11.5 Å². The standard InChI is InChI=1S/C36H51N5O11/c1-35(2,3)51-33(49)37-19-24(43)18-26-31(47)39-27(32(48)41(7)12-13-42)17-23-15-21(9-11-29(23)45)20-8-10-28(44)22(14-20)16-25(30(46)38-26)40-34(50)52-36(4,5)6/h8-11,14-15,24-27,42-45H,12-13,16-19H2,1-7H3,(H,37,49)(H,38,46)(H,39,47)(H,40,50)/t24-,25+,26+,27+/m1/s1. The summed E-state index contributed by atoms with van der Waals surface area (Å²) in [6, 6.07) is 5.00. The summed E-state index contributed by atoms with van der Waals surface area (Å²) >= 11 is 0. The number of nitrogens with one attached hydrogen (secondary N) is 4. The number of carbonyl (C=O) groups excluding carboxylic acids is 5. The maximum absolute atomic E-state index is 14.0. The number of rotatable bonds is 8. The number of phenolic OH excluding ortho intramolecular Hbond substituents is 2. The molecule has 0 spiro atoms. The molecule has 1 heterocycles. The molecule has 2 aromatic carbocycles. The number of carbonyl (C=O) groups is 5. The van der Waals surface area contributed by atoms with Crippen molar-refractivity contribution >= 4 is 29.9 Å². The average molecular weight is 730 g/mol. The van der Waals surface area contributed by atoms with Crippen LogP contribution in [0.2, 0.25) is 0 Å². The zero-order valence-electron chi connectivity index (χ0n) is 30.6. The van der Waals surface area contributed by atoms with E-state index >= 15 is 0 Å². The first kappa shape index (κ1) is 41.3. The third kappa shape index (κ3) is 12.6. The summed E-state index contributed by atoms with van der Waals surface area (Å²) in [6.07, 6.45) is -4.15. The highest BCUT2D eigenvalue weighted by Gasteiger charge is 2.34. The Hall–Kier alpha value is -5.09. The number of fused-ring (bicyclic) bond motifs is 5. The fraction of sp³-hybridized carbons (Fsp3) is 0.528.